The van der Waals surface area contributed by atoms with Crippen molar-refractivity contribution in [3.63, 3.8) is 0 Å². The van der Waals surface area contributed by atoms with Crippen LogP contribution in [0.5, 0.6) is 0 Å². The summed E-state index contributed by atoms with van der Waals surface area (Å²) in [6.07, 6.45) is 8.46. The van der Waals surface area contributed by atoms with E-state index in [0.717, 1.165) is 26.1 Å². The smallest absolute Gasteiger partial charge is 0.168 e. The van der Waals surface area contributed by atoms with Gasteiger partial charge >= 0.3 is 0 Å². The molecular weight excluding hydrogens is 272 g/mol. The van der Waals surface area contributed by atoms with Crippen LogP contribution in [0.4, 0.5) is 0 Å². The Kier molecular flexibility index (Phi) is 3.58. The summed E-state index contributed by atoms with van der Waals surface area (Å²) in [6, 6.07) is 7.18. The van der Waals surface area contributed by atoms with E-state index in [1.54, 1.807) is 11.1 Å². The molecule has 1 spiro atoms. The van der Waals surface area contributed by atoms with E-state index in [1.807, 2.05) is 0 Å². The Morgan fingerprint density at radius 1 is 1.18 bits per heavy atom. The van der Waals surface area contributed by atoms with Crippen molar-refractivity contribution in [2.24, 2.45) is 5.92 Å². The van der Waals surface area contributed by atoms with E-state index in [9.17, 15) is 0 Å². The lowest BCUT2D eigenvalue weighted by atomic mass is 9.59. The minimum Gasteiger partial charge on any atom is -0.348 e. The lowest BCUT2D eigenvalue weighted by Crippen LogP contribution is -2.48. The molecule has 0 bridgehead atoms. The van der Waals surface area contributed by atoms with Crippen molar-refractivity contribution in [3.05, 3.63) is 34.9 Å². The Hall–Kier alpha value is -0.860. The molecule has 1 saturated heterocycles. The predicted molar refractivity (Wildman–Crippen MR) is 88.1 cm³/mol. The molecule has 0 N–H and O–H groups in total. The van der Waals surface area contributed by atoms with Crippen LogP contribution in [0.15, 0.2) is 18.2 Å². The number of rotatable bonds is 1. The van der Waals surface area contributed by atoms with E-state index in [2.05, 4.69) is 32.0 Å². The van der Waals surface area contributed by atoms with Crippen LogP contribution in [-0.4, -0.2) is 19.0 Å². The van der Waals surface area contributed by atoms with E-state index in [0.29, 0.717) is 11.3 Å². The van der Waals surface area contributed by atoms with Crippen molar-refractivity contribution in [1.29, 1.82) is 0 Å². The van der Waals surface area contributed by atoms with Crippen LogP contribution in [0.1, 0.15) is 62.1 Å². The average Bonchev–Trinajstić information content (AvgIpc) is 2.90. The van der Waals surface area contributed by atoms with Gasteiger partial charge in [0, 0.05) is 12.8 Å². The third-order valence-corrected chi connectivity index (χ3v) is 6.53. The molecule has 1 aliphatic heterocycles. The van der Waals surface area contributed by atoms with Crippen LogP contribution < -0.4 is 0 Å². The highest BCUT2D eigenvalue weighted by molar-refractivity contribution is 5.40. The van der Waals surface area contributed by atoms with Gasteiger partial charge < -0.3 is 9.47 Å². The van der Waals surface area contributed by atoms with E-state index < -0.39 is 0 Å². The van der Waals surface area contributed by atoms with E-state index >= 15 is 0 Å². The Balaban J connectivity index is 1.75. The number of benzene rings is 1. The third kappa shape index (κ3) is 2.15. The quantitative estimate of drug-likeness (QED) is 0.759. The van der Waals surface area contributed by atoms with E-state index in [4.69, 9.17) is 9.47 Å². The highest BCUT2D eigenvalue weighted by Gasteiger charge is 2.52. The van der Waals surface area contributed by atoms with Crippen molar-refractivity contribution in [2.45, 2.75) is 70.0 Å². The summed E-state index contributed by atoms with van der Waals surface area (Å²) in [5.74, 6) is 0.451. The van der Waals surface area contributed by atoms with Gasteiger partial charge in [-0.3, -0.25) is 0 Å². The Bertz CT molecular complexity index is 559. The SMILES string of the molecule is CC[C@@]12CCC3(C[C@@H]1CCCc1cc(C)ccc12)OCCO3. The molecule has 1 aromatic carbocycles. The number of aryl methyl sites for hydroxylation is 2. The summed E-state index contributed by atoms with van der Waals surface area (Å²) < 4.78 is 12.1. The molecule has 1 aromatic rings. The predicted octanol–water partition coefficient (Wildman–Crippen LogP) is 4.52. The van der Waals surface area contributed by atoms with E-state index in [-0.39, 0.29) is 5.79 Å². The zero-order chi connectivity index (χ0) is 15.2. The number of hydrogen-bond donors (Lipinski definition) is 0. The topological polar surface area (TPSA) is 18.5 Å². The number of fused-ring (bicyclic) bond motifs is 3. The second-order valence-corrected chi connectivity index (χ2v) is 7.57. The van der Waals surface area contributed by atoms with Gasteiger partial charge in [-0.1, -0.05) is 30.7 Å². The van der Waals surface area contributed by atoms with Crippen molar-refractivity contribution in [1.82, 2.24) is 0 Å². The number of hydrogen-bond acceptors (Lipinski definition) is 2. The highest BCUT2D eigenvalue weighted by atomic mass is 16.7. The molecule has 1 heterocycles. The van der Waals surface area contributed by atoms with Crippen LogP contribution in [0.3, 0.4) is 0 Å². The molecule has 3 aliphatic rings. The molecule has 2 atom stereocenters. The minimum absolute atomic E-state index is 0.251. The zero-order valence-corrected chi connectivity index (χ0v) is 14.0. The number of ether oxygens (including phenoxy) is 2. The van der Waals surface area contributed by atoms with E-state index in [1.165, 1.54) is 37.7 Å². The average molecular weight is 300 g/mol. The zero-order valence-electron chi connectivity index (χ0n) is 14.0. The van der Waals surface area contributed by atoms with Gasteiger partial charge in [0.2, 0.25) is 0 Å². The monoisotopic (exact) mass is 300 g/mol. The standard InChI is InChI=1S/C20H28O2/c1-3-19-9-10-20(21-11-12-22-20)14-17(19)6-4-5-16-13-15(2)7-8-18(16)19/h7-8,13,17H,3-6,9-12,14H2,1-2H3/t17-,19+/m0/s1. The molecule has 2 aliphatic carbocycles. The van der Waals surface area contributed by atoms with Gasteiger partial charge in [0.05, 0.1) is 13.2 Å². The van der Waals surface area contributed by atoms with Crippen LogP contribution in [0.2, 0.25) is 0 Å². The molecule has 1 saturated carbocycles. The normalized spacial score (nSPS) is 33.3. The molecule has 0 radical (unpaired) electrons. The van der Waals surface area contributed by atoms with Gasteiger partial charge in [-0.15, -0.1) is 0 Å². The van der Waals surface area contributed by atoms with Gasteiger partial charge in [-0.05, 0) is 61.5 Å². The fraction of sp³-hybridized carbons (Fsp3) is 0.700. The maximum absolute atomic E-state index is 6.05. The maximum Gasteiger partial charge on any atom is 0.168 e. The fourth-order valence-electron chi connectivity index (χ4n) is 5.39. The maximum atomic E-state index is 6.05. The molecule has 22 heavy (non-hydrogen) atoms. The second-order valence-electron chi connectivity index (χ2n) is 7.57. The summed E-state index contributed by atoms with van der Waals surface area (Å²) >= 11 is 0. The fourth-order valence-corrected chi connectivity index (χ4v) is 5.39. The molecule has 2 nitrogen and oxygen atoms in total. The molecule has 4 rings (SSSR count). The van der Waals surface area contributed by atoms with Crippen LogP contribution >= 0.6 is 0 Å². The highest BCUT2D eigenvalue weighted by Crippen LogP contribution is 2.55. The van der Waals surface area contributed by atoms with Crippen molar-refractivity contribution >= 4 is 0 Å². The summed E-state index contributed by atoms with van der Waals surface area (Å²) in [4.78, 5) is 0. The van der Waals surface area contributed by atoms with Gasteiger partial charge in [0.1, 0.15) is 0 Å². The Morgan fingerprint density at radius 3 is 2.77 bits per heavy atom. The first kappa shape index (κ1) is 14.7. The summed E-state index contributed by atoms with van der Waals surface area (Å²) in [6.45, 7) is 6.16. The first-order valence-corrected chi connectivity index (χ1v) is 9.05. The summed E-state index contributed by atoms with van der Waals surface area (Å²) in [7, 11) is 0. The lowest BCUT2D eigenvalue weighted by Gasteiger charge is -2.49. The Labute approximate surface area is 134 Å². The summed E-state index contributed by atoms with van der Waals surface area (Å²) in [5, 5.41) is 0. The molecule has 2 fully saturated rings. The van der Waals surface area contributed by atoms with Crippen LogP contribution in [-0.2, 0) is 21.3 Å². The van der Waals surface area contributed by atoms with Gasteiger partial charge in [-0.25, -0.2) is 0 Å². The Morgan fingerprint density at radius 2 is 2.00 bits per heavy atom. The van der Waals surface area contributed by atoms with Crippen LogP contribution in [0, 0.1) is 12.8 Å². The molecular formula is C20H28O2. The van der Waals surface area contributed by atoms with Gasteiger partial charge in [0.25, 0.3) is 0 Å². The summed E-state index contributed by atoms with van der Waals surface area (Å²) in [5.41, 5.74) is 4.99. The molecule has 0 amide bonds. The molecule has 120 valence electrons. The third-order valence-electron chi connectivity index (χ3n) is 6.53. The lowest BCUT2D eigenvalue weighted by molar-refractivity contribution is -0.199. The van der Waals surface area contributed by atoms with Crippen molar-refractivity contribution in [3.8, 4) is 0 Å². The first-order valence-electron chi connectivity index (χ1n) is 9.05. The first-order chi connectivity index (χ1) is 10.7. The minimum atomic E-state index is -0.251. The van der Waals surface area contributed by atoms with Crippen molar-refractivity contribution in [2.75, 3.05) is 13.2 Å². The van der Waals surface area contributed by atoms with Crippen molar-refractivity contribution < 1.29 is 9.47 Å². The largest absolute Gasteiger partial charge is 0.348 e. The van der Waals surface area contributed by atoms with Gasteiger partial charge in [0.15, 0.2) is 5.79 Å². The molecule has 2 heteroatoms. The van der Waals surface area contributed by atoms with Gasteiger partial charge in [-0.2, -0.15) is 0 Å². The van der Waals surface area contributed by atoms with Crippen LogP contribution in [0.25, 0.3) is 0 Å². The molecule has 0 unspecified atom stereocenters. The molecule has 0 aromatic heterocycles. The second kappa shape index (κ2) is 5.35.